The van der Waals surface area contributed by atoms with Crippen molar-refractivity contribution in [2.75, 3.05) is 36.5 Å². The molecular weight excluding hydrogens is 278 g/mol. The number of carbonyl (C=O) groups excluding carboxylic acids is 1. The van der Waals surface area contributed by atoms with E-state index < -0.39 is 0 Å². The number of likely N-dealkylation sites (N-methyl/N-ethyl adjacent to an activating group) is 2. The summed E-state index contributed by atoms with van der Waals surface area (Å²) in [5, 5.41) is 15.7. The summed E-state index contributed by atoms with van der Waals surface area (Å²) in [5.74, 6) is -0.0553. The second-order valence-electron chi connectivity index (χ2n) is 4.67. The van der Waals surface area contributed by atoms with Crippen LogP contribution in [0.1, 0.15) is 25.5 Å². The molecule has 5 nitrogen and oxygen atoms in total. The van der Waals surface area contributed by atoms with Gasteiger partial charge in [-0.1, -0.05) is 18.5 Å². The number of anilines is 2. The third-order valence-corrected chi connectivity index (χ3v) is 3.75. The topological polar surface area (TPSA) is 64.6 Å². The van der Waals surface area contributed by atoms with Crippen molar-refractivity contribution in [3.05, 3.63) is 22.7 Å². The van der Waals surface area contributed by atoms with Crippen LogP contribution in [-0.2, 0) is 4.79 Å². The van der Waals surface area contributed by atoms with Crippen LogP contribution < -0.4 is 15.5 Å². The van der Waals surface area contributed by atoms with Gasteiger partial charge < -0.3 is 20.6 Å². The van der Waals surface area contributed by atoms with Crippen molar-refractivity contribution in [3.63, 3.8) is 0 Å². The summed E-state index contributed by atoms with van der Waals surface area (Å²) in [6.45, 7) is 5.99. The average molecular weight is 298 g/mol. The van der Waals surface area contributed by atoms with Crippen molar-refractivity contribution in [2.24, 2.45) is 0 Å². The van der Waals surface area contributed by atoms with Gasteiger partial charge >= 0.3 is 0 Å². The standard InChI is InChI=1S/C14H20ClN3O2/c1-3-16-13-9-7-10(15)12(18(4-2)5-6-19)8-11(9)17-14(13)20/h7-8,13,16,19H,3-6H2,1-2H3,(H,17,20). The highest BCUT2D eigenvalue weighted by atomic mass is 35.5. The molecule has 2 rings (SSSR count). The molecule has 1 amide bonds. The predicted molar refractivity (Wildman–Crippen MR) is 81.5 cm³/mol. The molecule has 1 heterocycles. The second kappa shape index (κ2) is 6.43. The number of halogens is 1. The molecule has 0 radical (unpaired) electrons. The molecule has 1 aromatic rings. The normalized spacial score (nSPS) is 17.0. The lowest BCUT2D eigenvalue weighted by Gasteiger charge is -2.24. The van der Waals surface area contributed by atoms with E-state index in [4.69, 9.17) is 16.7 Å². The molecule has 1 aromatic carbocycles. The summed E-state index contributed by atoms with van der Waals surface area (Å²) in [6, 6.07) is 3.37. The third kappa shape index (κ3) is 2.75. The van der Waals surface area contributed by atoms with E-state index in [0.29, 0.717) is 18.1 Å². The fourth-order valence-electron chi connectivity index (χ4n) is 2.49. The Hall–Kier alpha value is -1.30. The van der Waals surface area contributed by atoms with Gasteiger partial charge in [0.1, 0.15) is 6.04 Å². The number of nitrogens with zero attached hydrogens (tertiary/aromatic N) is 1. The van der Waals surface area contributed by atoms with Crippen molar-refractivity contribution in [3.8, 4) is 0 Å². The Morgan fingerprint density at radius 3 is 2.80 bits per heavy atom. The Labute approximate surface area is 123 Å². The summed E-state index contributed by atoms with van der Waals surface area (Å²) >= 11 is 6.34. The van der Waals surface area contributed by atoms with Crippen LogP contribution in [0.2, 0.25) is 5.02 Å². The lowest BCUT2D eigenvalue weighted by Crippen LogP contribution is -2.27. The number of nitrogens with one attached hydrogen (secondary N) is 2. The lowest BCUT2D eigenvalue weighted by molar-refractivity contribution is -0.117. The Bertz CT molecular complexity index is 507. The zero-order valence-corrected chi connectivity index (χ0v) is 12.5. The van der Waals surface area contributed by atoms with Crippen LogP contribution in [0.15, 0.2) is 12.1 Å². The van der Waals surface area contributed by atoms with Gasteiger partial charge in [-0.2, -0.15) is 0 Å². The molecule has 6 heteroatoms. The first-order valence-corrected chi connectivity index (χ1v) is 7.23. The van der Waals surface area contributed by atoms with Crippen molar-refractivity contribution in [1.82, 2.24) is 5.32 Å². The van der Waals surface area contributed by atoms with Crippen molar-refractivity contribution < 1.29 is 9.90 Å². The number of rotatable bonds is 6. The van der Waals surface area contributed by atoms with Crippen LogP contribution in [0.3, 0.4) is 0 Å². The van der Waals surface area contributed by atoms with E-state index in [1.165, 1.54) is 0 Å². The molecule has 20 heavy (non-hydrogen) atoms. The van der Waals surface area contributed by atoms with Gasteiger partial charge in [-0.3, -0.25) is 4.79 Å². The first-order chi connectivity index (χ1) is 9.62. The SMILES string of the molecule is CCNC1C(=O)Nc2cc(N(CC)CCO)c(Cl)cc21. The van der Waals surface area contributed by atoms with Crippen molar-refractivity contribution in [2.45, 2.75) is 19.9 Å². The summed E-state index contributed by atoms with van der Waals surface area (Å²) in [7, 11) is 0. The molecule has 1 aliphatic rings. The van der Waals surface area contributed by atoms with Gasteiger partial charge in [0.2, 0.25) is 5.91 Å². The zero-order chi connectivity index (χ0) is 14.7. The maximum Gasteiger partial charge on any atom is 0.246 e. The van der Waals surface area contributed by atoms with E-state index >= 15 is 0 Å². The Balaban J connectivity index is 2.37. The fraction of sp³-hybridized carbons (Fsp3) is 0.500. The smallest absolute Gasteiger partial charge is 0.246 e. The van der Waals surface area contributed by atoms with Gasteiger partial charge in [-0.15, -0.1) is 0 Å². The largest absolute Gasteiger partial charge is 0.395 e. The van der Waals surface area contributed by atoms with Gasteiger partial charge in [0.15, 0.2) is 0 Å². The number of amides is 1. The Kier molecular flexibility index (Phi) is 4.86. The average Bonchev–Trinajstić information content (AvgIpc) is 2.72. The molecule has 0 spiro atoms. The highest BCUT2D eigenvalue weighted by Gasteiger charge is 2.31. The minimum Gasteiger partial charge on any atom is -0.395 e. The molecule has 1 unspecified atom stereocenters. The lowest BCUT2D eigenvalue weighted by atomic mass is 10.1. The van der Waals surface area contributed by atoms with Gasteiger partial charge in [0.25, 0.3) is 0 Å². The molecule has 0 bridgehead atoms. The first kappa shape index (κ1) is 15.1. The van der Waals surface area contributed by atoms with Crippen LogP contribution in [0, 0.1) is 0 Å². The summed E-state index contributed by atoms with van der Waals surface area (Å²) in [5.41, 5.74) is 2.50. The predicted octanol–water partition coefficient (Wildman–Crippen LogP) is 1.76. The van der Waals surface area contributed by atoms with E-state index in [1.807, 2.05) is 30.9 Å². The van der Waals surface area contributed by atoms with E-state index in [2.05, 4.69) is 10.6 Å². The molecule has 0 saturated heterocycles. The quantitative estimate of drug-likeness (QED) is 0.749. The number of hydrogen-bond donors (Lipinski definition) is 3. The Morgan fingerprint density at radius 2 is 2.20 bits per heavy atom. The van der Waals surface area contributed by atoms with E-state index in [0.717, 1.165) is 23.5 Å². The van der Waals surface area contributed by atoms with Gasteiger partial charge in [0.05, 0.1) is 17.3 Å². The molecule has 1 aliphatic heterocycles. The monoisotopic (exact) mass is 297 g/mol. The highest BCUT2D eigenvalue weighted by Crippen LogP contribution is 2.38. The van der Waals surface area contributed by atoms with Crippen LogP contribution in [0.4, 0.5) is 11.4 Å². The van der Waals surface area contributed by atoms with Crippen LogP contribution >= 0.6 is 11.6 Å². The third-order valence-electron chi connectivity index (χ3n) is 3.45. The van der Waals surface area contributed by atoms with Crippen LogP contribution in [0.25, 0.3) is 0 Å². The number of aliphatic hydroxyl groups is 1. The van der Waals surface area contributed by atoms with E-state index in [9.17, 15) is 4.79 Å². The van der Waals surface area contributed by atoms with Crippen molar-refractivity contribution in [1.29, 1.82) is 0 Å². The van der Waals surface area contributed by atoms with Gasteiger partial charge in [-0.25, -0.2) is 0 Å². The first-order valence-electron chi connectivity index (χ1n) is 6.85. The second-order valence-corrected chi connectivity index (χ2v) is 5.08. The van der Waals surface area contributed by atoms with Crippen molar-refractivity contribution >= 4 is 28.9 Å². The molecule has 0 saturated carbocycles. The Morgan fingerprint density at radius 1 is 1.45 bits per heavy atom. The number of fused-ring (bicyclic) bond motifs is 1. The van der Waals surface area contributed by atoms with E-state index in [-0.39, 0.29) is 18.6 Å². The fourth-order valence-corrected chi connectivity index (χ4v) is 2.78. The number of carbonyl (C=O) groups is 1. The summed E-state index contributed by atoms with van der Waals surface area (Å²) in [4.78, 5) is 13.9. The molecule has 0 aromatic heterocycles. The van der Waals surface area contributed by atoms with Crippen LogP contribution in [-0.4, -0.2) is 37.3 Å². The minimum absolute atomic E-state index is 0.0553. The summed E-state index contributed by atoms with van der Waals surface area (Å²) < 4.78 is 0. The highest BCUT2D eigenvalue weighted by molar-refractivity contribution is 6.33. The zero-order valence-electron chi connectivity index (χ0n) is 11.7. The molecule has 0 fully saturated rings. The minimum atomic E-state index is -0.338. The molecule has 110 valence electrons. The van der Waals surface area contributed by atoms with Crippen LogP contribution in [0.5, 0.6) is 0 Å². The number of benzene rings is 1. The maximum atomic E-state index is 11.9. The summed E-state index contributed by atoms with van der Waals surface area (Å²) in [6.07, 6.45) is 0. The number of hydrogen-bond acceptors (Lipinski definition) is 4. The van der Waals surface area contributed by atoms with Gasteiger partial charge in [0, 0.05) is 24.3 Å². The molecule has 0 aliphatic carbocycles. The number of aliphatic hydroxyl groups excluding tert-OH is 1. The maximum absolute atomic E-state index is 11.9. The molecule has 1 atom stereocenters. The molecular formula is C14H20ClN3O2. The van der Waals surface area contributed by atoms with E-state index in [1.54, 1.807) is 0 Å². The van der Waals surface area contributed by atoms with Gasteiger partial charge in [-0.05, 0) is 25.6 Å². The molecule has 3 N–H and O–H groups in total.